The number of carbonyl (C=O) groups is 2. The lowest BCUT2D eigenvalue weighted by Gasteiger charge is -2.59. The van der Waals surface area contributed by atoms with Crippen LogP contribution in [0, 0.1) is 23.7 Å². The smallest absolute Gasteiger partial charge is 0.412 e. The van der Waals surface area contributed by atoms with E-state index in [1.807, 2.05) is 31.0 Å². The van der Waals surface area contributed by atoms with Gasteiger partial charge in [0.25, 0.3) is 0 Å². The highest BCUT2D eigenvalue weighted by Gasteiger charge is 2.65. The molecule has 0 bridgehead atoms. The zero-order valence-corrected chi connectivity index (χ0v) is 30.8. The molecule has 1 aromatic rings. The molecule has 0 radical (unpaired) electrons. The van der Waals surface area contributed by atoms with Crippen molar-refractivity contribution in [3.63, 3.8) is 0 Å². The topological polar surface area (TPSA) is 148 Å². The van der Waals surface area contributed by atoms with Crippen molar-refractivity contribution in [1.82, 2.24) is 10.2 Å². The number of nitrogens with one attached hydrogen (secondary N) is 1. The number of ether oxygens (including phenoxy) is 4. The van der Waals surface area contributed by atoms with Gasteiger partial charge in [-0.1, -0.05) is 30.1 Å². The summed E-state index contributed by atoms with van der Waals surface area (Å²) >= 11 is 0. The Morgan fingerprint density at radius 1 is 1.12 bits per heavy atom. The van der Waals surface area contributed by atoms with Crippen molar-refractivity contribution in [3.8, 4) is 11.5 Å². The summed E-state index contributed by atoms with van der Waals surface area (Å²) in [4.78, 5) is 34.5. The van der Waals surface area contributed by atoms with Gasteiger partial charge in [0.2, 0.25) is 18.0 Å². The van der Waals surface area contributed by atoms with Crippen LogP contribution in [-0.2, 0) is 19.1 Å². The predicted octanol–water partition coefficient (Wildman–Crippen LogP) is 5.82. The van der Waals surface area contributed by atoms with Crippen molar-refractivity contribution >= 4 is 17.7 Å². The van der Waals surface area contributed by atoms with Gasteiger partial charge in [-0.3, -0.25) is 4.79 Å². The quantitative estimate of drug-likeness (QED) is 0.103. The second kappa shape index (κ2) is 17.6. The average molecular weight is 724 g/mol. The Balaban J connectivity index is 1.54. The Kier molecular flexibility index (Phi) is 12.9. The molecule has 1 saturated heterocycles. The maximum absolute atomic E-state index is 13.9. The lowest BCUT2D eigenvalue weighted by Crippen LogP contribution is -2.69. The number of amides is 2. The fourth-order valence-electron chi connectivity index (χ4n) is 8.77. The van der Waals surface area contributed by atoms with Crippen molar-refractivity contribution < 1.29 is 43.6 Å². The van der Waals surface area contributed by atoms with Crippen LogP contribution in [0.3, 0.4) is 0 Å². The number of nitrogens with zero attached hydrogens (tertiary/aromatic N) is 2. The molecule has 286 valence electrons. The fraction of sp³-hybridized carbons (Fsp3) is 0.675. The minimum Gasteiger partial charge on any atom is -0.459 e. The maximum atomic E-state index is 13.9. The van der Waals surface area contributed by atoms with Crippen molar-refractivity contribution in [2.45, 2.75) is 108 Å². The van der Waals surface area contributed by atoms with Gasteiger partial charge >= 0.3 is 6.09 Å². The monoisotopic (exact) mass is 723 g/mol. The third kappa shape index (κ3) is 8.20. The number of benzene rings is 1. The third-order valence-corrected chi connectivity index (χ3v) is 11.3. The minimum atomic E-state index is -1.30. The Labute approximate surface area is 307 Å². The summed E-state index contributed by atoms with van der Waals surface area (Å²) in [7, 11) is 1.85. The molecular weight excluding hydrogens is 666 g/mol. The fourth-order valence-corrected chi connectivity index (χ4v) is 8.77. The van der Waals surface area contributed by atoms with Gasteiger partial charge in [-0.2, -0.15) is 0 Å². The highest BCUT2D eigenvalue weighted by Crippen LogP contribution is 2.62. The van der Waals surface area contributed by atoms with Gasteiger partial charge in [-0.25, -0.2) is 4.79 Å². The van der Waals surface area contributed by atoms with Gasteiger partial charge in [0.05, 0.1) is 24.8 Å². The molecular formula is C40H57N3O9. The van der Waals surface area contributed by atoms with Crippen LogP contribution in [0.25, 0.3) is 0 Å². The third-order valence-electron chi connectivity index (χ3n) is 11.3. The SMILES string of the molecule is C=CCO[C@@]12Oc3ccc(OC(=O)NCC)cc3[C@H]3[C@H](CCCCO)[C@@H](CCCCO)C=C(C(=NOC4CCCCO4)C[C@@H]1N(C)C(=O)C1CC1)[C@H]32. The predicted molar refractivity (Wildman–Crippen MR) is 195 cm³/mol. The molecule has 2 amide bonds. The lowest BCUT2D eigenvalue weighted by atomic mass is 9.55. The van der Waals surface area contributed by atoms with Crippen molar-refractivity contribution in [1.29, 1.82) is 0 Å². The van der Waals surface area contributed by atoms with Crippen molar-refractivity contribution in [3.05, 3.63) is 48.1 Å². The molecule has 2 aliphatic heterocycles. The van der Waals surface area contributed by atoms with Crippen LogP contribution in [0.4, 0.5) is 4.79 Å². The summed E-state index contributed by atoms with van der Waals surface area (Å²) in [6.07, 6.45) is 12.5. The molecule has 0 spiro atoms. The van der Waals surface area contributed by atoms with E-state index in [2.05, 4.69) is 18.0 Å². The molecule has 12 heteroatoms. The molecule has 7 atom stereocenters. The molecule has 3 N–H and O–H groups in total. The van der Waals surface area contributed by atoms with Gasteiger partial charge in [-0.15, -0.1) is 6.58 Å². The van der Waals surface area contributed by atoms with Gasteiger partial charge < -0.3 is 44.2 Å². The first kappa shape index (κ1) is 38.3. The standard InChI is InChI=1S/C40H57N3O9/c1-4-21-49-40-34(43(3)38(46)26-15-16-26)25-32(42-52-35-14-8-11-22-48-35)30-23-27(12-6-9-19-44)29(13-7-10-20-45)36(37(30)40)31-24-28(17-18-33(31)51-40)50-39(47)41-5-2/h4,17-18,23-24,26-27,29,34-37,44-45H,1,5-16,19-22,25H2,2-3H3,(H,41,47)/t27-,29+,34-,35?,36+,37+,40+/m0/s1. The molecule has 0 aromatic heterocycles. The second-order valence-corrected chi connectivity index (χ2v) is 14.8. The number of unbranched alkanes of at least 4 members (excludes halogenated alkanes) is 2. The summed E-state index contributed by atoms with van der Waals surface area (Å²) in [5.74, 6) is -0.719. The van der Waals surface area contributed by atoms with Crippen LogP contribution in [-0.4, -0.2) is 91.0 Å². The Bertz CT molecular complexity index is 1470. The van der Waals surface area contributed by atoms with E-state index < -0.39 is 30.1 Å². The molecule has 3 aliphatic carbocycles. The molecule has 1 aromatic carbocycles. The van der Waals surface area contributed by atoms with Crippen LogP contribution in [0.1, 0.15) is 95.5 Å². The highest BCUT2D eigenvalue weighted by molar-refractivity contribution is 6.03. The summed E-state index contributed by atoms with van der Waals surface area (Å²) < 4.78 is 25.7. The first-order valence-electron chi connectivity index (χ1n) is 19.4. The van der Waals surface area contributed by atoms with Crippen molar-refractivity contribution in [2.75, 3.05) is 40.0 Å². The first-order chi connectivity index (χ1) is 25.3. The van der Waals surface area contributed by atoms with Crippen LogP contribution >= 0.6 is 0 Å². The van der Waals surface area contributed by atoms with Gasteiger partial charge in [-0.05, 0) is 93.9 Å². The summed E-state index contributed by atoms with van der Waals surface area (Å²) in [5, 5.41) is 27.1. The summed E-state index contributed by atoms with van der Waals surface area (Å²) in [5.41, 5.74) is 2.59. The number of likely N-dealkylation sites (N-methyl/N-ethyl adjacent to an activating group) is 1. The zero-order chi connectivity index (χ0) is 36.7. The molecule has 6 rings (SSSR count). The Hall–Kier alpha value is -3.45. The van der Waals surface area contributed by atoms with E-state index in [4.69, 9.17) is 28.9 Å². The van der Waals surface area contributed by atoms with E-state index in [-0.39, 0.29) is 49.4 Å². The van der Waals surface area contributed by atoms with E-state index in [0.29, 0.717) is 43.9 Å². The first-order valence-corrected chi connectivity index (χ1v) is 19.4. The van der Waals surface area contributed by atoms with Gasteiger partial charge in [0, 0.05) is 57.0 Å². The number of hydrogen-bond acceptors (Lipinski definition) is 10. The molecule has 2 heterocycles. The number of aliphatic hydroxyl groups is 2. The minimum absolute atomic E-state index is 0.0280. The van der Waals surface area contributed by atoms with E-state index in [9.17, 15) is 19.8 Å². The van der Waals surface area contributed by atoms with Crippen LogP contribution in [0.5, 0.6) is 11.5 Å². The number of rotatable bonds is 17. The van der Waals surface area contributed by atoms with E-state index >= 15 is 0 Å². The molecule has 12 nitrogen and oxygen atoms in total. The van der Waals surface area contributed by atoms with Gasteiger partial charge in [0.15, 0.2) is 0 Å². The molecule has 52 heavy (non-hydrogen) atoms. The Morgan fingerprint density at radius 2 is 1.90 bits per heavy atom. The number of aliphatic hydroxyl groups excluding tert-OH is 2. The van der Waals surface area contributed by atoms with Crippen molar-refractivity contribution in [2.24, 2.45) is 28.8 Å². The van der Waals surface area contributed by atoms with E-state index in [1.54, 1.807) is 12.1 Å². The van der Waals surface area contributed by atoms with Gasteiger partial charge in [0.1, 0.15) is 17.5 Å². The molecule has 5 aliphatic rings. The summed E-state index contributed by atoms with van der Waals surface area (Å²) in [6.45, 7) is 7.28. The van der Waals surface area contributed by atoms with E-state index in [1.165, 1.54) is 0 Å². The zero-order valence-electron chi connectivity index (χ0n) is 30.8. The number of hydrogen-bond donors (Lipinski definition) is 3. The summed E-state index contributed by atoms with van der Waals surface area (Å²) in [6, 6.07) is 4.93. The largest absolute Gasteiger partial charge is 0.459 e. The molecule has 1 unspecified atom stereocenters. The second-order valence-electron chi connectivity index (χ2n) is 14.8. The van der Waals surface area contributed by atoms with Crippen LogP contribution in [0.15, 0.2) is 47.7 Å². The van der Waals surface area contributed by atoms with E-state index in [0.717, 1.165) is 74.6 Å². The Morgan fingerprint density at radius 3 is 2.60 bits per heavy atom. The molecule has 3 fully saturated rings. The normalized spacial score (nSPS) is 29.9. The lowest BCUT2D eigenvalue weighted by molar-refractivity contribution is -0.256. The maximum Gasteiger partial charge on any atom is 0.412 e. The number of oxime groups is 1. The molecule has 2 saturated carbocycles. The van der Waals surface area contributed by atoms with Crippen LogP contribution < -0.4 is 14.8 Å². The number of fused-ring (bicyclic) bond motifs is 2. The van der Waals surface area contributed by atoms with Crippen LogP contribution in [0.2, 0.25) is 0 Å². The average Bonchev–Trinajstić information content (AvgIpc) is 4.00. The number of carbonyl (C=O) groups excluding carboxylic acids is 2. The number of allylic oxidation sites excluding steroid dienone is 1. The highest BCUT2D eigenvalue weighted by atomic mass is 16.8.